The maximum absolute atomic E-state index is 13.1. The lowest BCUT2D eigenvalue weighted by Crippen LogP contribution is -2.65. The lowest BCUT2D eigenvalue weighted by Gasteiger charge is -2.46. The van der Waals surface area contributed by atoms with Crippen LogP contribution in [0.1, 0.15) is 187 Å². The van der Waals surface area contributed by atoms with E-state index in [0.29, 0.717) is 6.42 Å². The summed E-state index contributed by atoms with van der Waals surface area (Å²) in [5.41, 5.74) is 0. The predicted molar refractivity (Wildman–Crippen MR) is 235 cm³/mol. The van der Waals surface area contributed by atoms with E-state index in [2.05, 4.69) is 19.2 Å². The fourth-order valence-corrected chi connectivity index (χ4v) is 8.17. The number of ether oxygens (including phenoxy) is 4. The summed E-state index contributed by atoms with van der Waals surface area (Å²) in [6.07, 6.45) is 18.8. The first-order chi connectivity index (χ1) is 29.6. The van der Waals surface area contributed by atoms with Crippen LogP contribution in [0, 0.1) is 0 Å². The first-order valence-corrected chi connectivity index (χ1v) is 24.4. The fraction of sp³-hybridized carbons (Fsp3) is 0.936. The quantitative estimate of drug-likeness (QED) is 0.0274. The number of carbonyl (C=O) groups excluding carboxylic acids is 1. The summed E-state index contributed by atoms with van der Waals surface area (Å²) in [6.45, 7) is 2.70. The molecule has 0 aromatic heterocycles. The van der Waals surface area contributed by atoms with Crippen LogP contribution in [-0.4, -0.2) is 140 Å². The number of aliphatic hydroxyl groups is 8. The third-order valence-corrected chi connectivity index (χ3v) is 12.2. The summed E-state index contributed by atoms with van der Waals surface area (Å²) in [6, 6.07) is -0.905. The van der Waals surface area contributed by atoms with Gasteiger partial charge >= 0.3 is 0 Å². The molecule has 14 nitrogen and oxygen atoms in total. The zero-order chi connectivity index (χ0) is 44.7. The van der Waals surface area contributed by atoms with E-state index in [-0.39, 0.29) is 18.9 Å². The molecule has 12 unspecified atom stereocenters. The molecule has 12 atom stereocenters. The van der Waals surface area contributed by atoms with Crippen molar-refractivity contribution in [3.63, 3.8) is 0 Å². The van der Waals surface area contributed by atoms with Gasteiger partial charge in [0, 0.05) is 6.42 Å². The van der Waals surface area contributed by atoms with Crippen LogP contribution in [0.15, 0.2) is 12.2 Å². The Balaban J connectivity index is 1.73. The third-order valence-electron chi connectivity index (χ3n) is 12.2. The van der Waals surface area contributed by atoms with E-state index in [1.165, 1.54) is 109 Å². The molecular weight excluding hydrogens is 787 g/mol. The molecule has 0 bridgehead atoms. The molecule has 2 saturated heterocycles. The number of nitrogens with one attached hydrogen (secondary N) is 1. The summed E-state index contributed by atoms with van der Waals surface area (Å²) < 4.78 is 22.6. The Morgan fingerprint density at radius 2 is 1.02 bits per heavy atom. The van der Waals surface area contributed by atoms with Gasteiger partial charge in [-0.05, 0) is 19.3 Å². The number of unbranched alkanes of at least 4 members (excludes halogenated alkanes) is 24. The van der Waals surface area contributed by atoms with Crippen LogP contribution in [0.2, 0.25) is 0 Å². The van der Waals surface area contributed by atoms with Crippen LogP contribution < -0.4 is 5.32 Å². The van der Waals surface area contributed by atoms with Gasteiger partial charge in [0.15, 0.2) is 12.6 Å². The Labute approximate surface area is 367 Å². The average Bonchev–Trinajstić information content (AvgIpc) is 3.26. The zero-order valence-electron chi connectivity index (χ0n) is 37.9. The summed E-state index contributed by atoms with van der Waals surface area (Å²) in [4.78, 5) is 13.1. The van der Waals surface area contributed by atoms with Crippen LogP contribution in [0.25, 0.3) is 0 Å². The normalized spacial score (nSPS) is 28.0. The number of hydrogen-bond acceptors (Lipinski definition) is 13. The maximum atomic E-state index is 13.1. The van der Waals surface area contributed by atoms with Gasteiger partial charge in [-0.15, -0.1) is 0 Å². The number of rotatable bonds is 37. The molecule has 360 valence electrons. The smallest absolute Gasteiger partial charge is 0.220 e. The van der Waals surface area contributed by atoms with Crippen LogP contribution >= 0.6 is 0 Å². The number of aliphatic hydroxyl groups excluding tert-OH is 8. The van der Waals surface area contributed by atoms with Gasteiger partial charge in [-0.2, -0.15) is 0 Å². The van der Waals surface area contributed by atoms with E-state index in [0.717, 1.165) is 51.4 Å². The highest BCUT2D eigenvalue weighted by atomic mass is 16.7. The van der Waals surface area contributed by atoms with Crippen molar-refractivity contribution in [2.45, 2.75) is 261 Å². The molecule has 61 heavy (non-hydrogen) atoms. The number of allylic oxidation sites excluding steroid dienone is 1. The Bertz CT molecular complexity index is 1080. The molecule has 14 heteroatoms. The van der Waals surface area contributed by atoms with Crippen LogP contribution in [0.4, 0.5) is 0 Å². The predicted octanol–water partition coefficient (Wildman–Crippen LogP) is 5.60. The Morgan fingerprint density at radius 1 is 0.574 bits per heavy atom. The molecule has 2 aliphatic heterocycles. The van der Waals surface area contributed by atoms with E-state index < -0.39 is 86.8 Å². The highest BCUT2D eigenvalue weighted by molar-refractivity contribution is 5.76. The molecule has 9 N–H and O–H groups in total. The highest BCUT2D eigenvalue weighted by Crippen LogP contribution is 2.30. The number of hydrogen-bond donors (Lipinski definition) is 9. The van der Waals surface area contributed by atoms with Gasteiger partial charge in [0.1, 0.15) is 48.8 Å². The summed E-state index contributed by atoms with van der Waals surface area (Å²) in [7, 11) is 0. The lowest BCUT2D eigenvalue weighted by molar-refractivity contribution is -0.359. The maximum Gasteiger partial charge on any atom is 0.220 e. The van der Waals surface area contributed by atoms with Crippen molar-refractivity contribution in [1.82, 2.24) is 5.32 Å². The van der Waals surface area contributed by atoms with E-state index in [9.17, 15) is 45.6 Å². The molecule has 0 radical (unpaired) electrons. The van der Waals surface area contributed by atoms with Crippen molar-refractivity contribution in [3.8, 4) is 0 Å². The standard InChI is InChI=1S/C47H89NO13/c1-3-5-7-9-11-12-13-14-15-16-17-18-19-20-21-22-23-24-25-27-29-31-39(52)48-35(36(51)30-28-26-10-8-6-4-2)34-58-46-44(57)42(55)45(38(33-50)60-46)61-47-43(56)41(54)40(53)37(32-49)59-47/h28,30,35-38,40-47,49-51,53-57H,3-27,29,31-34H2,1-2H3,(H,48,52)/b30-28+. The minimum Gasteiger partial charge on any atom is -0.394 e. The van der Waals surface area contributed by atoms with Crippen LogP contribution in [0.5, 0.6) is 0 Å². The van der Waals surface area contributed by atoms with Crippen LogP contribution in [0.3, 0.4) is 0 Å². The molecule has 2 heterocycles. The third kappa shape index (κ3) is 23.0. The van der Waals surface area contributed by atoms with Gasteiger partial charge in [0.2, 0.25) is 5.91 Å². The SMILES string of the molecule is CCCCCC/C=C/C(O)C(COC1OC(CO)C(OC2OC(CO)C(O)C(O)C2O)C(O)C1O)NC(=O)CCCCCCCCCCCCCCCCCCCCCCC. The molecule has 1 amide bonds. The Kier molecular flexibility index (Phi) is 32.1. The molecule has 0 aromatic rings. The molecule has 2 aliphatic rings. The second-order valence-corrected chi connectivity index (χ2v) is 17.6. The van der Waals surface area contributed by atoms with Crippen molar-refractivity contribution in [2.75, 3.05) is 19.8 Å². The minimum atomic E-state index is -1.78. The van der Waals surface area contributed by atoms with E-state index in [1.807, 2.05) is 6.08 Å². The van der Waals surface area contributed by atoms with Crippen molar-refractivity contribution in [3.05, 3.63) is 12.2 Å². The fourth-order valence-electron chi connectivity index (χ4n) is 8.17. The van der Waals surface area contributed by atoms with Gasteiger partial charge in [-0.3, -0.25) is 4.79 Å². The Morgan fingerprint density at radius 3 is 1.51 bits per heavy atom. The summed E-state index contributed by atoms with van der Waals surface area (Å²) in [5.74, 6) is -0.242. The minimum absolute atomic E-state index is 0.242. The van der Waals surface area contributed by atoms with Gasteiger partial charge in [-0.1, -0.05) is 174 Å². The molecule has 2 rings (SSSR count). The molecule has 0 spiro atoms. The van der Waals surface area contributed by atoms with E-state index >= 15 is 0 Å². The van der Waals surface area contributed by atoms with Crippen LogP contribution in [-0.2, 0) is 23.7 Å². The first kappa shape index (κ1) is 55.9. The number of carbonyl (C=O) groups is 1. The first-order valence-electron chi connectivity index (χ1n) is 24.4. The van der Waals surface area contributed by atoms with Gasteiger partial charge in [0.25, 0.3) is 0 Å². The molecule has 0 aromatic carbocycles. The van der Waals surface area contributed by atoms with E-state index in [1.54, 1.807) is 6.08 Å². The largest absolute Gasteiger partial charge is 0.394 e. The van der Waals surface area contributed by atoms with Crippen molar-refractivity contribution >= 4 is 5.91 Å². The molecule has 2 fully saturated rings. The van der Waals surface area contributed by atoms with E-state index in [4.69, 9.17) is 18.9 Å². The van der Waals surface area contributed by atoms with Crippen molar-refractivity contribution in [1.29, 1.82) is 0 Å². The summed E-state index contributed by atoms with van der Waals surface area (Å²) >= 11 is 0. The highest BCUT2D eigenvalue weighted by Gasteiger charge is 2.51. The van der Waals surface area contributed by atoms with Gasteiger partial charge in [0.05, 0.1) is 32.0 Å². The molecule has 0 aliphatic carbocycles. The second kappa shape index (κ2) is 35.0. The monoisotopic (exact) mass is 876 g/mol. The van der Waals surface area contributed by atoms with Gasteiger partial charge in [-0.25, -0.2) is 0 Å². The average molecular weight is 876 g/mol. The summed E-state index contributed by atoms with van der Waals surface area (Å²) in [5, 5.41) is 86.2. The zero-order valence-corrected chi connectivity index (χ0v) is 37.9. The second-order valence-electron chi connectivity index (χ2n) is 17.6. The molecular formula is C47H89NO13. The van der Waals surface area contributed by atoms with Crippen molar-refractivity contribution < 1.29 is 64.6 Å². The lowest BCUT2D eigenvalue weighted by atomic mass is 9.97. The molecule has 0 saturated carbocycles. The Hall–Kier alpha value is -1.27. The number of amides is 1. The van der Waals surface area contributed by atoms with Crippen molar-refractivity contribution in [2.24, 2.45) is 0 Å². The van der Waals surface area contributed by atoms with Gasteiger partial charge < -0.3 is 65.1 Å². The topological polar surface area (TPSA) is 228 Å².